The molecule has 0 radical (unpaired) electrons. The number of carbonyl (C=O) groups excluding carboxylic acids is 2. The molecule has 1 aromatic carbocycles. The first-order valence-electron chi connectivity index (χ1n) is 14.4. The molecule has 0 spiro atoms. The van der Waals surface area contributed by atoms with Crippen molar-refractivity contribution in [2.75, 3.05) is 6.54 Å². The van der Waals surface area contributed by atoms with Gasteiger partial charge in [-0.3, -0.25) is 9.59 Å². The van der Waals surface area contributed by atoms with Crippen molar-refractivity contribution in [2.45, 2.75) is 96.1 Å². The molecule has 5 nitrogen and oxygen atoms in total. The molecule has 8 rings (SSSR count). The Morgan fingerprint density at radius 2 is 1.67 bits per heavy atom. The third kappa shape index (κ3) is 3.71. The Kier molecular flexibility index (Phi) is 4.99. The first-order chi connectivity index (χ1) is 17.2. The Labute approximate surface area is 214 Å². The summed E-state index contributed by atoms with van der Waals surface area (Å²) in [5.41, 5.74) is 3.88. The summed E-state index contributed by atoms with van der Waals surface area (Å²) in [6.45, 7) is 7.01. The molecule has 6 saturated carbocycles. The first kappa shape index (κ1) is 22.9. The van der Waals surface area contributed by atoms with Crippen LogP contribution in [0.1, 0.15) is 88.8 Å². The van der Waals surface area contributed by atoms with Crippen LogP contribution in [0, 0.1) is 36.0 Å². The number of aromatic amines is 1. The SMILES string of the molecule is Cc1[nH]c2ccccc2c1[C@@H]1[C@H](CC(=O)N(CC(=O)NC23CC4CC(CC(C4)C2)C3)C2CC2)C1(C)C. The van der Waals surface area contributed by atoms with Gasteiger partial charge in [-0.2, -0.15) is 0 Å². The minimum Gasteiger partial charge on any atom is -0.358 e. The van der Waals surface area contributed by atoms with Crippen molar-refractivity contribution in [3.8, 4) is 0 Å². The fourth-order valence-corrected chi connectivity index (χ4v) is 9.26. The van der Waals surface area contributed by atoms with Crippen LogP contribution in [0.25, 0.3) is 10.9 Å². The van der Waals surface area contributed by atoms with Gasteiger partial charge in [0.2, 0.25) is 11.8 Å². The van der Waals surface area contributed by atoms with Gasteiger partial charge in [-0.25, -0.2) is 0 Å². The van der Waals surface area contributed by atoms with E-state index in [9.17, 15) is 9.59 Å². The van der Waals surface area contributed by atoms with Gasteiger partial charge in [0.1, 0.15) is 0 Å². The number of hydrogen-bond acceptors (Lipinski definition) is 2. The molecule has 5 heteroatoms. The summed E-state index contributed by atoms with van der Waals surface area (Å²) in [5.74, 6) is 3.36. The van der Waals surface area contributed by atoms with Gasteiger partial charge in [-0.05, 0) is 105 Å². The number of amides is 2. The standard InChI is InChI=1S/C31H41N3O2/c1-18-28(23-6-4-5-7-25(23)32-18)29-24(30(29,2)3)13-27(36)34(22-8-9-22)17-26(35)33-31-14-19-10-20(15-31)12-21(11-19)16-31/h4-7,19-22,24,29,32H,8-17H2,1-3H3,(H,33,35)/t19?,20?,21?,24-,29-,31?/m0/s1. The lowest BCUT2D eigenvalue weighted by atomic mass is 9.53. The van der Waals surface area contributed by atoms with E-state index in [0.717, 1.165) is 49.9 Å². The Morgan fingerprint density at radius 1 is 1.03 bits per heavy atom. The molecule has 4 bridgehead atoms. The van der Waals surface area contributed by atoms with Crippen LogP contribution in [0.2, 0.25) is 0 Å². The van der Waals surface area contributed by atoms with E-state index in [1.165, 1.54) is 41.4 Å². The number of benzene rings is 1. The van der Waals surface area contributed by atoms with Gasteiger partial charge in [-0.15, -0.1) is 0 Å². The van der Waals surface area contributed by atoms with Gasteiger partial charge in [0.05, 0.1) is 6.54 Å². The smallest absolute Gasteiger partial charge is 0.240 e. The van der Waals surface area contributed by atoms with Crippen LogP contribution in [-0.2, 0) is 9.59 Å². The normalized spacial score (nSPS) is 35.7. The second-order valence-corrected chi connectivity index (χ2v) is 13.8. The van der Waals surface area contributed by atoms with Crippen molar-refractivity contribution >= 4 is 22.7 Å². The van der Waals surface area contributed by atoms with Crippen molar-refractivity contribution in [3.05, 3.63) is 35.5 Å². The van der Waals surface area contributed by atoms with Crippen LogP contribution in [0.5, 0.6) is 0 Å². The zero-order valence-corrected chi connectivity index (χ0v) is 22.1. The molecule has 2 atom stereocenters. The zero-order valence-electron chi connectivity index (χ0n) is 22.1. The predicted octanol–water partition coefficient (Wildman–Crippen LogP) is 5.68. The summed E-state index contributed by atoms with van der Waals surface area (Å²) in [6.07, 6.45) is 10.2. The number of carbonyl (C=O) groups is 2. The zero-order chi connectivity index (χ0) is 24.8. The molecule has 6 fully saturated rings. The minimum absolute atomic E-state index is 0.0144. The van der Waals surface area contributed by atoms with Crippen molar-refractivity contribution in [1.82, 2.24) is 15.2 Å². The van der Waals surface area contributed by atoms with Crippen molar-refractivity contribution in [2.24, 2.45) is 29.1 Å². The fraction of sp³-hybridized carbons (Fsp3) is 0.677. The van der Waals surface area contributed by atoms with E-state index in [2.05, 4.69) is 55.3 Å². The highest BCUT2D eigenvalue weighted by molar-refractivity contribution is 5.88. The molecule has 6 aliphatic rings. The van der Waals surface area contributed by atoms with Gasteiger partial charge < -0.3 is 15.2 Å². The van der Waals surface area contributed by atoms with Gasteiger partial charge in [0, 0.05) is 34.6 Å². The number of nitrogens with zero attached hydrogens (tertiary/aromatic N) is 1. The lowest BCUT2D eigenvalue weighted by Gasteiger charge is -2.57. The van der Waals surface area contributed by atoms with E-state index in [1.54, 1.807) is 0 Å². The fourth-order valence-electron chi connectivity index (χ4n) is 9.26. The van der Waals surface area contributed by atoms with E-state index in [0.29, 0.717) is 18.3 Å². The lowest BCUT2D eigenvalue weighted by molar-refractivity contribution is -0.139. The average Bonchev–Trinajstić information content (AvgIpc) is 3.69. The molecule has 2 N–H and O–H groups in total. The molecule has 0 unspecified atom stereocenters. The topological polar surface area (TPSA) is 65.2 Å². The molecular formula is C31H41N3O2. The Hall–Kier alpha value is -2.30. The quantitative estimate of drug-likeness (QED) is 0.528. The van der Waals surface area contributed by atoms with Crippen LogP contribution >= 0.6 is 0 Å². The average molecular weight is 488 g/mol. The minimum atomic E-state index is 0.0144. The monoisotopic (exact) mass is 487 g/mol. The van der Waals surface area contributed by atoms with Crippen LogP contribution in [0.4, 0.5) is 0 Å². The molecule has 1 heterocycles. The number of H-pyrrole nitrogens is 1. The largest absolute Gasteiger partial charge is 0.358 e. The van der Waals surface area contributed by atoms with Crippen molar-refractivity contribution in [3.63, 3.8) is 0 Å². The predicted molar refractivity (Wildman–Crippen MR) is 141 cm³/mol. The molecule has 192 valence electrons. The Balaban J connectivity index is 1.04. The third-order valence-electron chi connectivity index (χ3n) is 10.8. The number of rotatable bonds is 7. The van der Waals surface area contributed by atoms with E-state index < -0.39 is 0 Å². The number of aromatic nitrogens is 1. The molecular weight excluding hydrogens is 446 g/mol. The number of nitrogens with one attached hydrogen (secondary N) is 2. The number of fused-ring (bicyclic) bond motifs is 1. The summed E-state index contributed by atoms with van der Waals surface area (Å²) in [5, 5.41) is 4.79. The number of para-hydroxylation sites is 1. The Morgan fingerprint density at radius 3 is 2.31 bits per heavy atom. The van der Waals surface area contributed by atoms with E-state index >= 15 is 0 Å². The summed E-state index contributed by atoms with van der Waals surface area (Å²) in [6, 6.07) is 8.77. The van der Waals surface area contributed by atoms with Crippen molar-refractivity contribution < 1.29 is 9.59 Å². The number of hydrogen-bond donors (Lipinski definition) is 2. The highest BCUT2D eigenvalue weighted by Crippen LogP contribution is 2.67. The molecule has 1 aromatic heterocycles. The molecule has 6 aliphatic carbocycles. The Bertz CT molecular complexity index is 1190. The van der Waals surface area contributed by atoms with Gasteiger partial charge >= 0.3 is 0 Å². The molecule has 0 aliphatic heterocycles. The maximum Gasteiger partial charge on any atom is 0.240 e. The summed E-state index contributed by atoms with van der Waals surface area (Å²) in [7, 11) is 0. The van der Waals surface area contributed by atoms with Gasteiger partial charge in [0.25, 0.3) is 0 Å². The molecule has 2 aromatic rings. The van der Waals surface area contributed by atoms with Crippen LogP contribution in [0.15, 0.2) is 24.3 Å². The third-order valence-corrected chi connectivity index (χ3v) is 10.8. The maximum atomic E-state index is 13.7. The number of aryl methyl sites for hydroxylation is 1. The van der Waals surface area contributed by atoms with E-state index in [-0.39, 0.29) is 35.4 Å². The van der Waals surface area contributed by atoms with Gasteiger partial charge in [0.15, 0.2) is 0 Å². The summed E-state index contributed by atoms with van der Waals surface area (Å²) < 4.78 is 0. The van der Waals surface area contributed by atoms with E-state index in [4.69, 9.17) is 0 Å². The van der Waals surface area contributed by atoms with E-state index in [1.807, 2.05) is 4.90 Å². The highest BCUT2D eigenvalue weighted by atomic mass is 16.2. The summed E-state index contributed by atoms with van der Waals surface area (Å²) >= 11 is 0. The molecule has 0 saturated heterocycles. The second kappa shape index (κ2) is 7.85. The van der Waals surface area contributed by atoms with Crippen LogP contribution in [0.3, 0.4) is 0 Å². The van der Waals surface area contributed by atoms with Gasteiger partial charge in [-0.1, -0.05) is 32.0 Å². The lowest BCUT2D eigenvalue weighted by Crippen LogP contribution is -2.61. The first-order valence-corrected chi connectivity index (χ1v) is 14.4. The maximum absolute atomic E-state index is 13.7. The molecule has 2 amide bonds. The van der Waals surface area contributed by atoms with Crippen LogP contribution < -0.4 is 5.32 Å². The molecule has 36 heavy (non-hydrogen) atoms. The second-order valence-electron chi connectivity index (χ2n) is 13.8. The van der Waals surface area contributed by atoms with Crippen LogP contribution in [-0.4, -0.2) is 39.8 Å². The summed E-state index contributed by atoms with van der Waals surface area (Å²) in [4.78, 5) is 32.5. The van der Waals surface area contributed by atoms with Crippen molar-refractivity contribution in [1.29, 1.82) is 0 Å². The highest BCUT2D eigenvalue weighted by Gasteiger charge is 2.60.